The Morgan fingerprint density at radius 2 is 2.00 bits per heavy atom. The number of ketones is 1. The summed E-state index contributed by atoms with van der Waals surface area (Å²) in [6.45, 7) is 1.23. The molecule has 1 heterocycles. The lowest BCUT2D eigenvalue weighted by Crippen LogP contribution is -2.22. The molecule has 3 rings (SSSR count). The van der Waals surface area contributed by atoms with Crippen LogP contribution in [0, 0.1) is 0 Å². The third kappa shape index (κ3) is 2.78. The topological polar surface area (TPSA) is 82.1 Å². The van der Waals surface area contributed by atoms with Gasteiger partial charge in [-0.05, 0) is 5.56 Å². The molecule has 1 aliphatic heterocycles. The quantitative estimate of drug-likeness (QED) is 0.689. The number of hydrogen-bond acceptors (Lipinski definition) is 6. The van der Waals surface area contributed by atoms with E-state index in [1.54, 1.807) is 0 Å². The lowest BCUT2D eigenvalue weighted by molar-refractivity contribution is -0.132. The van der Waals surface area contributed by atoms with Gasteiger partial charge in [0.25, 0.3) is 0 Å². The number of Topliss-reactive ketones (excluding diaryl/α,β-unsaturated/α-hetero) is 1. The SMILES string of the molecule is COc1cc(O)c2c(c1OC(C)=O)O[C@H](c1ccccc1)CC2=O. The van der Waals surface area contributed by atoms with Gasteiger partial charge in [-0.2, -0.15) is 0 Å². The summed E-state index contributed by atoms with van der Waals surface area (Å²) in [5.41, 5.74) is 0.812. The van der Waals surface area contributed by atoms with Crippen LogP contribution in [0.3, 0.4) is 0 Å². The van der Waals surface area contributed by atoms with Crippen LogP contribution >= 0.6 is 0 Å². The molecule has 0 saturated carbocycles. The fraction of sp³-hybridized carbons (Fsp3) is 0.222. The number of aromatic hydroxyl groups is 1. The van der Waals surface area contributed by atoms with Gasteiger partial charge in [-0.3, -0.25) is 9.59 Å². The second-order valence-corrected chi connectivity index (χ2v) is 5.37. The van der Waals surface area contributed by atoms with E-state index in [0.29, 0.717) is 0 Å². The standard InChI is InChI=1S/C18H16O6/c1-10(19)23-17-15(22-2)9-13(21)16-12(20)8-14(24-18(16)17)11-6-4-3-5-7-11/h3-7,9,14,21H,8H2,1-2H3/t14-/m0/s1. The van der Waals surface area contributed by atoms with Gasteiger partial charge in [0, 0.05) is 13.0 Å². The minimum absolute atomic E-state index is 0.000712. The third-order valence-corrected chi connectivity index (χ3v) is 3.73. The fourth-order valence-corrected chi connectivity index (χ4v) is 2.69. The smallest absolute Gasteiger partial charge is 0.308 e. The molecular weight excluding hydrogens is 312 g/mol. The lowest BCUT2D eigenvalue weighted by atomic mass is 9.95. The molecule has 24 heavy (non-hydrogen) atoms. The molecule has 0 saturated heterocycles. The number of phenolic OH excluding ortho intramolecular Hbond substituents is 1. The molecule has 6 heteroatoms. The second-order valence-electron chi connectivity index (χ2n) is 5.37. The number of methoxy groups -OCH3 is 1. The number of hydrogen-bond donors (Lipinski definition) is 1. The summed E-state index contributed by atoms with van der Waals surface area (Å²) in [4.78, 5) is 23.9. The van der Waals surface area contributed by atoms with Crippen LogP contribution in [-0.4, -0.2) is 24.0 Å². The van der Waals surface area contributed by atoms with E-state index >= 15 is 0 Å². The maximum absolute atomic E-state index is 12.5. The van der Waals surface area contributed by atoms with E-state index < -0.39 is 12.1 Å². The molecule has 0 unspecified atom stereocenters. The molecule has 0 radical (unpaired) electrons. The Morgan fingerprint density at radius 3 is 2.62 bits per heavy atom. The summed E-state index contributed by atoms with van der Waals surface area (Å²) in [5.74, 6) is -1.02. The third-order valence-electron chi connectivity index (χ3n) is 3.73. The highest BCUT2D eigenvalue weighted by molar-refractivity contribution is 6.04. The van der Waals surface area contributed by atoms with Gasteiger partial charge in [-0.15, -0.1) is 0 Å². The number of esters is 1. The molecule has 124 valence electrons. The predicted molar refractivity (Wildman–Crippen MR) is 84.7 cm³/mol. The zero-order valence-electron chi connectivity index (χ0n) is 13.2. The molecule has 1 N–H and O–H groups in total. The van der Waals surface area contributed by atoms with Gasteiger partial charge in [0.05, 0.1) is 13.5 Å². The predicted octanol–water partition coefficient (Wildman–Crippen LogP) is 3.03. The summed E-state index contributed by atoms with van der Waals surface area (Å²) < 4.78 is 16.2. The number of benzene rings is 2. The molecule has 6 nitrogen and oxygen atoms in total. The summed E-state index contributed by atoms with van der Waals surface area (Å²) in [7, 11) is 1.37. The summed E-state index contributed by atoms with van der Waals surface area (Å²) in [6.07, 6.45) is -0.455. The van der Waals surface area contributed by atoms with Crippen LogP contribution in [0.15, 0.2) is 36.4 Å². The summed E-state index contributed by atoms with van der Waals surface area (Å²) >= 11 is 0. The first-order chi connectivity index (χ1) is 11.5. The minimum Gasteiger partial charge on any atom is -0.507 e. The fourth-order valence-electron chi connectivity index (χ4n) is 2.69. The molecule has 0 aliphatic carbocycles. The van der Waals surface area contributed by atoms with Gasteiger partial charge in [0.15, 0.2) is 17.3 Å². The number of rotatable bonds is 3. The highest BCUT2D eigenvalue weighted by Gasteiger charge is 2.35. The van der Waals surface area contributed by atoms with Crippen molar-refractivity contribution in [1.82, 2.24) is 0 Å². The molecule has 1 atom stereocenters. The molecule has 0 spiro atoms. The van der Waals surface area contributed by atoms with E-state index in [1.807, 2.05) is 30.3 Å². The minimum atomic E-state index is -0.584. The van der Waals surface area contributed by atoms with Crippen molar-refractivity contribution in [2.45, 2.75) is 19.4 Å². The first kappa shape index (κ1) is 15.9. The molecule has 0 bridgehead atoms. The number of phenols is 1. The first-order valence-corrected chi connectivity index (χ1v) is 7.38. The first-order valence-electron chi connectivity index (χ1n) is 7.38. The number of fused-ring (bicyclic) bond motifs is 1. The Balaban J connectivity index is 2.13. The van der Waals surface area contributed by atoms with Crippen molar-refractivity contribution in [2.24, 2.45) is 0 Å². The van der Waals surface area contributed by atoms with E-state index in [4.69, 9.17) is 14.2 Å². The number of ether oxygens (including phenoxy) is 3. The van der Waals surface area contributed by atoms with Gasteiger partial charge >= 0.3 is 5.97 Å². The van der Waals surface area contributed by atoms with E-state index in [2.05, 4.69) is 0 Å². The highest BCUT2D eigenvalue weighted by atomic mass is 16.6. The van der Waals surface area contributed by atoms with E-state index in [0.717, 1.165) is 5.56 Å². The molecule has 2 aromatic carbocycles. The van der Waals surface area contributed by atoms with Gasteiger partial charge in [0.1, 0.15) is 17.4 Å². The van der Waals surface area contributed by atoms with Crippen LogP contribution in [-0.2, 0) is 4.79 Å². The normalized spacial score (nSPS) is 16.1. The van der Waals surface area contributed by atoms with Crippen molar-refractivity contribution >= 4 is 11.8 Å². The van der Waals surface area contributed by atoms with Crippen molar-refractivity contribution in [1.29, 1.82) is 0 Å². The average molecular weight is 328 g/mol. The van der Waals surface area contributed by atoms with Crippen molar-refractivity contribution in [2.75, 3.05) is 7.11 Å². The molecular formula is C18H16O6. The molecule has 0 amide bonds. The Hall–Kier alpha value is -3.02. The number of carbonyl (C=O) groups is 2. The van der Waals surface area contributed by atoms with Gasteiger partial charge in [-0.1, -0.05) is 30.3 Å². The van der Waals surface area contributed by atoms with E-state index in [1.165, 1.54) is 20.1 Å². The largest absolute Gasteiger partial charge is 0.507 e. The van der Waals surface area contributed by atoms with Gasteiger partial charge in [-0.25, -0.2) is 0 Å². The highest BCUT2D eigenvalue weighted by Crippen LogP contribution is 2.50. The Morgan fingerprint density at radius 1 is 1.29 bits per heavy atom. The zero-order chi connectivity index (χ0) is 17.3. The van der Waals surface area contributed by atoms with Crippen LogP contribution in [0.25, 0.3) is 0 Å². The van der Waals surface area contributed by atoms with Gasteiger partial charge < -0.3 is 19.3 Å². The molecule has 2 aromatic rings. The average Bonchev–Trinajstić information content (AvgIpc) is 2.57. The summed E-state index contributed by atoms with van der Waals surface area (Å²) in [5, 5.41) is 10.1. The van der Waals surface area contributed by atoms with Gasteiger partial charge in [0.2, 0.25) is 5.75 Å². The van der Waals surface area contributed by atoms with Crippen LogP contribution in [0.5, 0.6) is 23.0 Å². The van der Waals surface area contributed by atoms with Crippen LogP contribution in [0.1, 0.15) is 35.4 Å². The maximum Gasteiger partial charge on any atom is 0.308 e. The van der Waals surface area contributed by atoms with Crippen molar-refractivity contribution in [3.05, 3.63) is 47.5 Å². The zero-order valence-corrected chi connectivity index (χ0v) is 13.2. The summed E-state index contributed by atoms with van der Waals surface area (Å²) in [6, 6.07) is 10.5. The Kier molecular flexibility index (Phi) is 4.12. The van der Waals surface area contributed by atoms with Crippen molar-refractivity contribution in [3.8, 4) is 23.0 Å². The molecule has 1 aliphatic rings. The van der Waals surface area contributed by atoms with Crippen molar-refractivity contribution < 1.29 is 28.9 Å². The molecule has 0 fully saturated rings. The lowest BCUT2D eigenvalue weighted by Gasteiger charge is -2.28. The molecule has 0 aromatic heterocycles. The van der Waals surface area contributed by atoms with Crippen LogP contribution in [0.2, 0.25) is 0 Å². The van der Waals surface area contributed by atoms with Crippen molar-refractivity contribution in [3.63, 3.8) is 0 Å². The Labute approximate surface area is 138 Å². The van der Waals surface area contributed by atoms with Crippen LogP contribution < -0.4 is 14.2 Å². The monoisotopic (exact) mass is 328 g/mol. The van der Waals surface area contributed by atoms with E-state index in [-0.39, 0.29) is 40.8 Å². The second kappa shape index (κ2) is 6.23. The number of carbonyl (C=O) groups excluding carboxylic acids is 2. The maximum atomic E-state index is 12.5. The van der Waals surface area contributed by atoms with E-state index in [9.17, 15) is 14.7 Å². The Bertz CT molecular complexity index is 797. The van der Waals surface area contributed by atoms with Crippen LogP contribution in [0.4, 0.5) is 0 Å².